The molecule has 0 aromatic carbocycles. The maximum Gasteiger partial charge on any atom is 0.409 e. The molecule has 2 rings (SSSR count). The van der Waals surface area contributed by atoms with E-state index in [0.29, 0.717) is 25.4 Å². The highest BCUT2D eigenvalue weighted by molar-refractivity contribution is 5.93. The number of piperidine rings is 1. The molecule has 2 aliphatic rings. The van der Waals surface area contributed by atoms with Gasteiger partial charge in [0, 0.05) is 24.2 Å². The van der Waals surface area contributed by atoms with Gasteiger partial charge in [-0.15, -0.1) is 0 Å². The summed E-state index contributed by atoms with van der Waals surface area (Å²) in [4.78, 5) is 13.3. The first-order chi connectivity index (χ1) is 8.63. The van der Waals surface area contributed by atoms with Gasteiger partial charge in [0.15, 0.2) is 0 Å². The van der Waals surface area contributed by atoms with Gasteiger partial charge in [-0.3, -0.25) is 0 Å². The summed E-state index contributed by atoms with van der Waals surface area (Å²) >= 11 is 0. The number of nitrogens with one attached hydrogen (secondary N) is 1. The van der Waals surface area contributed by atoms with Crippen LogP contribution in [0.3, 0.4) is 0 Å². The van der Waals surface area contributed by atoms with Crippen LogP contribution >= 0.6 is 0 Å². The zero-order chi connectivity index (χ0) is 13.2. The van der Waals surface area contributed by atoms with Crippen LogP contribution in [-0.2, 0) is 4.74 Å². The van der Waals surface area contributed by atoms with Crippen LogP contribution in [0.25, 0.3) is 0 Å². The molecule has 5 nitrogen and oxygen atoms in total. The summed E-state index contributed by atoms with van der Waals surface area (Å²) in [6, 6.07) is 2.21. The molecule has 1 atom stereocenters. The molecular weight excluding hydrogens is 230 g/mol. The molecule has 1 aliphatic heterocycles. The van der Waals surface area contributed by atoms with Gasteiger partial charge in [-0.1, -0.05) is 0 Å². The van der Waals surface area contributed by atoms with Crippen LogP contribution in [0.4, 0.5) is 4.79 Å². The van der Waals surface area contributed by atoms with E-state index in [0.717, 1.165) is 25.7 Å². The SMILES string of the molecule is CCOC(=O)N1CCC2(CCC(C#N)C2=N)CC1. The number of nitrogens with zero attached hydrogens (tertiary/aromatic N) is 2. The lowest BCUT2D eigenvalue weighted by atomic mass is 9.75. The predicted molar refractivity (Wildman–Crippen MR) is 66.3 cm³/mol. The number of carbonyl (C=O) groups is 1. The molecule has 1 aliphatic carbocycles. The van der Waals surface area contributed by atoms with Crippen molar-refractivity contribution in [2.45, 2.75) is 32.6 Å². The smallest absolute Gasteiger partial charge is 0.409 e. The minimum absolute atomic E-state index is 0.122. The van der Waals surface area contributed by atoms with E-state index < -0.39 is 0 Å². The lowest BCUT2D eigenvalue weighted by Crippen LogP contribution is -2.45. The van der Waals surface area contributed by atoms with E-state index in [2.05, 4.69) is 6.07 Å². The van der Waals surface area contributed by atoms with Crippen molar-refractivity contribution in [2.75, 3.05) is 19.7 Å². The quantitative estimate of drug-likeness (QED) is 0.773. The second kappa shape index (κ2) is 4.97. The summed E-state index contributed by atoms with van der Waals surface area (Å²) in [5.41, 5.74) is 0.470. The summed E-state index contributed by atoms with van der Waals surface area (Å²) in [5.74, 6) is -0.209. The van der Waals surface area contributed by atoms with Gasteiger partial charge < -0.3 is 15.0 Å². The van der Waals surface area contributed by atoms with Crippen molar-refractivity contribution in [1.29, 1.82) is 10.7 Å². The molecule has 0 radical (unpaired) electrons. The Bertz CT molecular complexity index is 392. The third-order valence-electron chi connectivity index (χ3n) is 4.23. The zero-order valence-electron chi connectivity index (χ0n) is 10.7. The Labute approximate surface area is 107 Å². The largest absolute Gasteiger partial charge is 0.450 e. The van der Waals surface area contributed by atoms with Gasteiger partial charge >= 0.3 is 6.09 Å². The van der Waals surface area contributed by atoms with Gasteiger partial charge in [-0.25, -0.2) is 4.79 Å². The number of rotatable bonds is 1. The minimum Gasteiger partial charge on any atom is -0.450 e. The molecule has 1 unspecified atom stereocenters. The fourth-order valence-corrected chi connectivity index (χ4v) is 3.05. The first kappa shape index (κ1) is 12.9. The lowest BCUT2D eigenvalue weighted by Gasteiger charge is -2.38. The molecule has 0 aromatic heterocycles. The van der Waals surface area contributed by atoms with E-state index >= 15 is 0 Å². The first-order valence-electron chi connectivity index (χ1n) is 6.53. The molecule has 1 saturated heterocycles. The van der Waals surface area contributed by atoms with Gasteiger partial charge in [-0.05, 0) is 32.6 Å². The highest BCUT2D eigenvalue weighted by Crippen LogP contribution is 2.46. The van der Waals surface area contributed by atoms with Gasteiger partial charge in [-0.2, -0.15) is 5.26 Å². The normalized spacial score (nSPS) is 26.1. The third kappa shape index (κ3) is 2.07. The number of likely N-dealkylation sites (tertiary alicyclic amines) is 1. The molecular formula is C13H19N3O2. The molecule has 0 aromatic rings. The van der Waals surface area contributed by atoms with Crippen LogP contribution in [0.2, 0.25) is 0 Å². The van der Waals surface area contributed by atoms with Crippen molar-refractivity contribution >= 4 is 11.8 Å². The van der Waals surface area contributed by atoms with E-state index in [1.165, 1.54) is 0 Å². The average Bonchev–Trinajstić information content (AvgIpc) is 2.68. The number of ether oxygens (including phenoxy) is 1. The standard InChI is InChI=1S/C13H19N3O2/c1-2-18-12(17)16-7-5-13(6-8-16)4-3-10(9-14)11(13)15/h10,15H,2-8H2,1H3. The molecule has 98 valence electrons. The Kier molecular flexibility index (Phi) is 3.55. The van der Waals surface area contributed by atoms with Gasteiger partial charge in [0.05, 0.1) is 18.6 Å². The molecule has 1 saturated carbocycles. The summed E-state index contributed by atoms with van der Waals surface area (Å²) in [5, 5.41) is 17.1. The Morgan fingerprint density at radius 2 is 2.22 bits per heavy atom. The molecule has 1 N–H and O–H groups in total. The van der Waals surface area contributed by atoms with Crippen molar-refractivity contribution in [3.05, 3.63) is 0 Å². The number of hydrogen-bond donors (Lipinski definition) is 1. The van der Waals surface area contributed by atoms with Crippen LogP contribution in [0, 0.1) is 28.1 Å². The van der Waals surface area contributed by atoms with Crippen LogP contribution in [0.1, 0.15) is 32.6 Å². The Morgan fingerprint density at radius 3 is 2.72 bits per heavy atom. The van der Waals surface area contributed by atoms with Crippen LogP contribution in [-0.4, -0.2) is 36.4 Å². The van der Waals surface area contributed by atoms with Crippen LogP contribution in [0.5, 0.6) is 0 Å². The third-order valence-corrected chi connectivity index (χ3v) is 4.23. The second-order valence-electron chi connectivity index (χ2n) is 5.10. The molecule has 0 bridgehead atoms. The Hall–Kier alpha value is -1.57. The maximum atomic E-state index is 11.6. The van der Waals surface area contributed by atoms with E-state index in [9.17, 15) is 4.79 Å². The lowest BCUT2D eigenvalue weighted by molar-refractivity contribution is 0.0843. The summed E-state index contributed by atoms with van der Waals surface area (Å²) in [7, 11) is 0. The molecule has 1 heterocycles. The van der Waals surface area contributed by atoms with Gasteiger partial charge in [0.25, 0.3) is 0 Å². The molecule has 1 amide bonds. The molecule has 5 heteroatoms. The van der Waals surface area contributed by atoms with Crippen LogP contribution in [0.15, 0.2) is 0 Å². The van der Waals surface area contributed by atoms with E-state index in [1.54, 1.807) is 11.8 Å². The summed E-state index contributed by atoms with van der Waals surface area (Å²) < 4.78 is 4.98. The highest BCUT2D eigenvalue weighted by Gasteiger charge is 2.46. The highest BCUT2D eigenvalue weighted by atomic mass is 16.6. The van der Waals surface area contributed by atoms with Crippen molar-refractivity contribution in [1.82, 2.24) is 4.90 Å². The monoisotopic (exact) mass is 249 g/mol. The topological polar surface area (TPSA) is 77.2 Å². The minimum atomic E-state index is -0.256. The number of amides is 1. The molecule has 18 heavy (non-hydrogen) atoms. The van der Waals surface area contributed by atoms with Gasteiger partial charge in [0.2, 0.25) is 0 Å². The zero-order valence-corrected chi connectivity index (χ0v) is 10.7. The Balaban J connectivity index is 1.97. The second-order valence-corrected chi connectivity index (χ2v) is 5.10. The fourth-order valence-electron chi connectivity index (χ4n) is 3.05. The molecule has 1 spiro atoms. The van der Waals surface area contributed by atoms with Crippen molar-refractivity contribution < 1.29 is 9.53 Å². The number of carbonyl (C=O) groups excluding carboxylic acids is 1. The number of hydrogen-bond acceptors (Lipinski definition) is 4. The van der Waals surface area contributed by atoms with E-state index in [1.807, 2.05) is 0 Å². The molecule has 2 fully saturated rings. The number of nitriles is 1. The maximum absolute atomic E-state index is 11.6. The fraction of sp³-hybridized carbons (Fsp3) is 0.769. The van der Waals surface area contributed by atoms with E-state index in [-0.39, 0.29) is 17.4 Å². The summed E-state index contributed by atoms with van der Waals surface area (Å²) in [6.07, 6.45) is 3.05. The summed E-state index contributed by atoms with van der Waals surface area (Å²) in [6.45, 7) is 3.47. The average molecular weight is 249 g/mol. The van der Waals surface area contributed by atoms with Crippen LogP contribution < -0.4 is 0 Å². The predicted octanol–water partition coefficient (Wildman–Crippen LogP) is 2.18. The van der Waals surface area contributed by atoms with Crippen molar-refractivity contribution in [2.24, 2.45) is 11.3 Å². The van der Waals surface area contributed by atoms with Crippen molar-refractivity contribution in [3.63, 3.8) is 0 Å². The van der Waals surface area contributed by atoms with Crippen molar-refractivity contribution in [3.8, 4) is 6.07 Å². The van der Waals surface area contributed by atoms with E-state index in [4.69, 9.17) is 15.4 Å². The Morgan fingerprint density at radius 1 is 1.56 bits per heavy atom. The van der Waals surface area contributed by atoms with Gasteiger partial charge in [0.1, 0.15) is 0 Å². The first-order valence-corrected chi connectivity index (χ1v) is 6.53.